The molecule has 2 aliphatic rings. The molecule has 0 atom stereocenters. The molecule has 2 rings (SSSR count). The molecule has 0 aromatic heterocycles. The van der Waals surface area contributed by atoms with E-state index in [9.17, 15) is 9.59 Å². The predicted octanol–water partition coefficient (Wildman–Crippen LogP) is 1.56. The highest BCUT2D eigenvalue weighted by atomic mass is 31.2. The zero-order valence-corrected chi connectivity index (χ0v) is 14.4. The standard InChI is InChI=1S/C14H26N3O4P/c1-15-22(2,20-11-9-16-7-3-5-13(16)18)21-12-10-17-8-4-6-14(17)19/h3-12H2,1-2H3. The van der Waals surface area contributed by atoms with E-state index in [2.05, 4.69) is 4.74 Å². The summed E-state index contributed by atoms with van der Waals surface area (Å²) in [7, 11) is -0.564. The van der Waals surface area contributed by atoms with E-state index in [0.717, 1.165) is 25.9 Å². The first-order valence-corrected chi connectivity index (χ1v) is 9.89. The second-order valence-corrected chi connectivity index (χ2v) is 8.16. The number of amides is 2. The van der Waals surface area contributed by atoms with Crippen LogP contribution in [-0.2, 0) is 18.6 Å². The van der Waals surface area contributed by atoms with E-state index in [0.29, 0.717) is 39.1 Å². The third-order valence-electron chi connectivity index (χ3n) is 4.09. The van der Waals surface area contributed by atoms with Crippen LogP contribution in [0, 0.1) is 0 Å². The van der Waals surface area contributed by atoms with E-state index >= 15 is 0 Å². The molecule has 22 heavy (non-hydrogen) atoms. The summed E-state index contributed by atoms with van der Waals surface area (Å²) in [5.41, 5.74) is 0. The van der Waals surface area contributed by atoms with Gasteiger partial charge >= 0.3 is 0 Å². The van der Waals surface area contributed by atoms with Gasteiger partial charge in [0.2, 0.25) is 19.3 Å². The summed E-state index contributed by atoms with van der Waals surface area (Å²) >= 11 is 0. The van der Waals surface area contributed by atoms with Crippen LogP contribution < -0.4 is 0 Å². The van der Waals surface area contributed by atoms with E-state index in [1.165, 1.54) is 0 Å². The quantitative estimate of drug-likeness (QED) is 0.633. The molecule has 126 valence electrons. The van der Waals surface area contributed by atoms with Gasteiger partial charge in [0.15, 0.2) is 0 Å². The van der Waals surface area contributed by atoms with Gasteiger partial charge in [-0.25, -0.2) is 0 Å². The monoisotopic (exact) mass is 331 g/mol. The van der Waals surface area contributed by atoms with Crippen molar-refractivity contribution in [3.05, 3.63) is 0 Å². The van der Waals surface area contributed by atoms with Crippen LogP contribution in [0.4, 0.5) is 0 Å². The van der Waals surface area contributed by atoms with Gasteiger partial charge in [-0.05, 0) is 12.8 Å². The Hall–Kier alpha value is -0.910. The molecule has 2 amide bonds. The van der Waals surface area contributed by atoms with Gasteiger partial charge in [-0.15, -0.1) is 0 Å². The molecule has 0 aromatic carbocycles. The molecule has 0 radical (unpaired) electrons. The highest BCUT2D eigenvalue weighted by molar-refractivity contribution is 7.55. The first-order chi connectivity index (χ1) is 10.5. The van der Waals surface area contributed by atoms with E-state index in [4.69, 9.17) is 9.05 Å². The molecule has 0 saturated carbocycles. The largest absolute Gasteiger partial charge is 0.340 e. The maximum atomic E-state index is 11.5. The van der Waals surface area contributed by atoms with Crippen molar-refractivity contribution in [2.45, 2.75) is 25.7 Å². The number of likely N-dealkylation sites (tertiary alicyclic amines) is 2. The van der Waals surface area contributed by atoms with Crippen LogP contribution in [0.3, 0.4) is 0 Å². The molecule has 0 spiro atoms. The van der Waals surface area contributed by atoms with Gasteiger partial charge in [-0.2, -0.15) is 0 Å². The average Bonchev–Trinajstić information content (AvgIpc) is 3.09. The summed E-state index contributed by atoms with van der Waals surface area (Å²) in [5.74, 6) is 0.399. The minimum Gasteiger partial charge on any atom is -0.340 e. The SMILES string of the molecule is CN=P(C)(OCCN1CCCC1=O)OCCN1CCCC1=O. The summed E-state index contributed by atoms with van der Waals surface area (Å²) in [6.45, 7) is 5.57. The van der Waals surface area contributed by atoms with Crippen molar-refractivity contribution in [2.75, 3.05) is 53.1 Å². The number of hydrogen-bond acceptors (Lipinski definition) is 5. The Kier molecular flexibility index (Phi) is 6.41. The zero-order valence-electron chi connectivity index (χ0n) is 13.5. The zero-order chi connectivity index (χ0) is 16.0. The van der Waals surface area contributed by atoms with Gasteiger partial charge in [0.25, 0.3) is 0 Å². The normalized spacial score (nSPS) is 19.4. The molecule has 0 aliphatic carbocycles. The van der Waals surface area contributed by atoms with Crippen LogP contribution in [0.1, 0.15) is 25.7 Å². The fourth-order valence-electron chi connectivity index (χ4n) is 2.67. The van der Waals surface area contributed by atoms with Crippen LogP contribution in [0.25, 0.3) is 0 Å². The summed E-state index contributed by atoms with van der Waals surface area (Å²) in [6, 6.07) is 0. The summed E-state index contributed by atoms with van der Waals surface area (Å²) in [4.78, 5) is 26.7. The fraction of sp³-hybridized carbons (Fsp3) is 0.857. The van der Waals surface area contributed by atoms with Crippen LogP contribution >= 0.6 is 7.51 Å². The van der Waals surface area contributed by atoms with Crippen molar-refractivity contribution in [3.8, 4) is 0 Å². The van der Waals surface area contributed by atoms with Crippen LogP contribution in [0.5, 0.6) is 0 Å². The maximum Gasteiger partial charge on any atom is 0.222 e. The van der Waals surface area contributed by atoms with Crippen molar-refractivity contribution < 1.29 is 18.6 Å². The second kappa shape index (κ2) is 8.09. The van der Waals surface area contributed by atoms with Gasteiger partial charge < -0.3 is 18.8 Å². The number of carbonyl (C=O) groups is 2. The molecule has 0 bridgehead atoms. The van der Waals surface area contributed by atoms with Crippen molar-refractivity contribution in [2.24, 2.45) is 4.74 Å². The number of hydrogen-bond donors (Lipinski definition) is 0. The molecule has 0 N–H and O–H groups in total. The molecule has 2 heterocycles. The highest BCUT2D eigenvalue weighted by Crippen LogP contribution is 2.47. The predicted molar refractivity (Wildman–Crippen MR) is 84.7 cm³/mol. The van der Waals surface area contributed by atoms with Gasteiger partial charge in [0, 0.05) is 52.7 Å². The van der Waals surface area contributed by atoms with Crippen molar-refractivity contribution in [3.63, 3.8) is 0 Å². The van der Waals surface area contributed by atoms with Crippen molar-refractivity contribution in [1.82, 2.24) is 9.80 Å². The number of nitrogens with zero attached hydrogens (tertiary/aromatic N) is 3. The molecule has 0 aromatic rings. The van der Waals surface area contributed by atoms with Crippen LogP contribution in [0.2, 0.25) is 0 Å². The van der Waals surface area contributed by atoms with Crippen molar-refractivity contribution in [1.29, 1.82) is 0 Å². The molecule has 2 saturated heterocycles. The summed E-state index contributed by atoms with van der Waals surface area (Å²) < 4.78 is 15.9. The Morgan fingerprint density at radius 3 is 1.77 bits per heavy atom. The first kappa shape index (κ1) is 17.4. The van der Waals surface area contributed by atoms with Gasteiger partial charge in [-0.3, -0.25) is 14.3 Å². The lowest BCUT2D eigenvalue weighted by atomic mass is 10.4. The molecule has 7 nitrogen and oxygen atoms in total. The van der Waals surface area contributed by atoms with E-state index < -0.39 is 7.51 Å². The Labute approximate surface area is 132 Å². The smallest absolute Gasteiger partial charge is 0.222 e. The average molecular weight is 331 g/mol. The third-order valence-corrected chi connectivity index (χ3v) is 6.14. The first-order valence-electron chi connectivity index (χ1n) is 7.86. The molecule has 0 unspecified atom stereocenters. The molecule has 2 fully saturated rings. The van der Waals surface area contributed by atoms with E-state index in [1.807, 2.05) is 16.5 Å². The minimum absolute atomic E-state index is 0.200. The summed E-state index contributed by atoms with van der Waals surface area (Å²) in [6.07, 6.45) is 3.16. The Morgan fingerprint density at radius 2 is 1.45 bits per heavy atom. The van der Waals surface area contributed by atoms with E-state index in [-0.39, 0.29) is 11.8 Å². The molecular weight excluding hydrogens is 305 g/mol. The van der Waals surface area contributed by atoms with Gasteiger partial charge in [-0.1, -0.05) is 0 Å². The van der Waals surface area contributed by atoms with Gasteiger partial charge in [0.1, 0.15) is 0 Å². The lowest BCUT2D eigenvalue weighted by Crippen LogP contribution is -2.29. The fourth-order valence-corrected chi connectivity index (χ4v) is 3.82. The lowest BCUT2D eigenvalue weighted by Gasteiger charge is -2.23. The topological polar surface area (TPSA) is 71.4 Å². The van der Waals surface area contributed by atoms with Crippen LogP contribution in [-0.4, -0.2) is 74.7 Å². The highest BCUT2D eigenvalue weighted by Gasteiger charge is 2.23. The Bertz CT molecular complexity index is 433. The molecule has 2 aliphatic heterocycles. The molecular formula is C14H26N3O4P. The minimum atomic E-state index is -2.25. The number of carbonyl (C=O) groups excluding carboxylic acids is 2. The summed E-state index contributed by atoms with van der Waals surface area (Å²) in [5, 5.41) is 0. The maximum absolute atomic E-state index is 11.5. The lowest BCUT2D eigenvalue weighted by molar-refractivity contribution is -0.128. The molecule has 8 heteroatoms. The third kappa shape index (κ3) is 4.80. The van der Waals surface area contributed by atoms with Gasteiger partial charge in [0.05, 0.1) is 13.2 Å². The van der Waals surface area contributed by atoms with Crippen molar-refractivity contribution >= 4 is 19.3 Å². The van der Waals surface area contributed by atoms with E-state index in [1.54, 1.807) is 7.05 Å². The Morgan fingerprint density at radius 1 is 1.00 bits per heavy atom. The van der Waals surface area contributed by atoms with Crippen LogP contribution in [0.15, 0.2) is 4.74 Å². The Balaban J connectivity index is 1.69. The number of rotatable bonds is 8. The second-order valence-electron chi connectivity index (χ2n) is 5.64.